The SMILES string of the molecule is C[C@@H]1CCCCN1S(=O)(=O)c1ccc2c(c1)CCC(=O)N2CC(=O)NCc1ccccc1. The minimum absolute atomic E-state index is 0.0174. The molecule has 2 aromatic rings. The zero-order chi connectivity index (χ0) is 22.7. The molecule has 7 nitrogen and oxygen atoms in total. The quantitative estimate of drug-likeness (QED) is 0.726. The maximum absolute atomic E-state index is 13.2. The molecule has 1 atom stereocenters. The number of benzene rings is 2. The van der Waals surface area contributed by atoms with Crippen LogP contribution in [-0.4, -0.2) is 43.7 Å². The van der Waals surface area contributed by atoms with E-state index in [2.05, 4.69) is 5.32 Å². The fourth-order valence-electron chi connectivity index (χ4n) is 4.43. The molecule has 0 aromatic heterocycles. The van der Waals surface area contributed by atoms with Gasteiger partial charge in [-0.25, -0.2) is 8.42 Å². The number of piperidine rings is 1. The average Bonchev–Trinajstić information content (AvgIpc) is 2.80. The summed E-state index contributed by atoms with van der Waals surface area (Å²) in [6, 6.07) is 14.4. The van der Waals surface area contributed by atoms with Crippen molar-refractivity contribution in [3.63, 3.8) is 0 Å². The number of anilines is 1. The lowest BCUT2D eigenvalue weighted by atomic mass is 10.0. The lowest BCUT2D eigenvalue weighted by molar-refractivity contribution is -0.124. The second-order valence-electron chi connectivity index (χ2n) is 8.49. The number of hydrogen-bond acceptors (Lipinski definition) is 4. The summed E-state index contributed by atoms with van der Waals surface area (Å²) in [5.41, 5.74) is 2.38. The van der Waals surface area contributed by atoms with Gasteiger partial charge in [-0.15, -0.1) is 0 Å². The summed E-state index contributed by atoms with van der Waals surface area (Å²) >= 11 is 0. The average molecular weight is 456 g/mol. The monoisotopic (exact) mass is 455 g/mol. The van der Waals surface area contributed by atoms with Crippen LogP contribution in [-0.2, 0) is 32.6 Å². The molecule has 0 radical (unpaired) electrons. The minimum Gasteiger partial charge on any atom is -0.350 e. The predicted octanol–water partition coefficient (Wildman–Crippen LogP) is 2.85. The van der Waals surface area contributed by atoms with Gasteiger partial charge in [-0.2, -0.15) is 4.31 Å². The fraction of sp³-hybridized carbons (Fsp3) is 0.417. The van der Waals surface area contributed by atoms with Crippen LogP contribution in [0.1, 0.15) is 43.7 Å². The molecule has 1 saturated heterocycles. The number of amides is 2. The van der Waals surface area contributed by atoms with Crippen molar-refractivity contribution in [2.24, 2.45) is 0 Å². The molecule has 0 aliphatic carbocycles. The van der Waals surface area contributed by atoms with Crippen LogP contribution in [0.2, 0.25) is 0 Å². The summed E-state index contributed by atoms with van der Waals surface area (Å²) in [6.07, 6.45) is 3.50. The standard InChI is InChI=1S/C24H29N3O4S/c1-18-7-5-6-14-27(18)32(30,31)21-11-12-22-20(15-21)10-13-24(29)26(22)17-23(28)25-16-19-8-3-2-4-9-19/h2-4,8-9,11-12,15,18H,5-7,10,13-14,16-17H2,1H3,(H,25,28)/t18-/m1/s1. The van der Waals surface area contributed by atoms with E-state index in [1.165, 1.54) is 4.90 Å². The zero-order valence-corrected chi connectivity index (χ0v) is 19.1. The summed E-state index contributed by atoms with van der Waals surface area (Å²) in [5, 5.41) is 2.85. The van der Waals surface area contributed by atoms with Gasteiger partial charge in [-0.1, -0.05) is 36.8 Å². The van der Waals surface area contributed by atoms with Crippen molar-refractivity contribution in [3.8, 4) is 0 Å². The first kappa shape index (κ1) is 22.5. The highest BCUT2D eigenvalue weighted by atomic mass is 32.2. The molecule has 1 N–H and O–H groups in total. The number of nitrogens with zero attached hydrogens (tertiary/aromatic N) is 2. The first-order chi connectivity index (χ1) is 15.4. The van der Waals surface area contributed by atoms with Crippen molar-refractivity contribution in [1.82, 2.24) is 9.62 Å². The van der Waals surface area contributed by atoms with Gasteiger partial charge in [0, 0.05) is 31.2 Å². The second kappa shape index (κ2) is 9.42. The van der Waals surface area contributed by atoms with Crippen LogP contribution in [0.25, 0.3) is 0 Å². The molecular weight excluding hydrogens is 426 g/mol. The third-order valence-electron chi connectivity index (χ3n) is 6.23. The molecule has 2 amide bonds. The van der Waals surface area contributed by atoms with Gasteiger partial charge in [0.15, 0.2) is 0 Å². The van der Waals surface area contributed by atoms with Crippen molar-refractivity contribution in [2.45, 2.75) is 56.5 Å². The highest BCUT2D eigenvalue weighted by Gasteiger charge is 2.33. The van der Waals surface area contributed by atoms with Crippen molar-refractivity contribution in [1.29, 1.82) is 0 Å². The van der Waals surface area contributed by atoms with Crippen molar-refractivity contribution >= 4 is 27.5 Å². The number of aryl methyl sites for hydroxylation is 1. The van der Waals surface area contributed by atoms with E-state index in [1.54, 1.807) is 22.5 Å². The number of carbonyl (C=O) groups is 2. The van der Waals surface area contributed by atoms with Gasteiger partial charge < -0.3 is 10.2 Å². The van der Waals surface area contributed by atoms with Gasteiger partial charge in [0.1, 0.15) is 6.54 Å². The molecule has 32 heavy (non-hydrogen) atoms. The topological polar surface area (TPSA) is 86.8 Å². The summed E-state index contributed by atoms with van der Waals surface area (Å²) in [6.45, 7) is 2.78. The number of fused-ring (bicyclic) bond motifs is 1. The van der Waals surface area contributed by atoms with E-state index in [0.29, 0.717) is 25.2 Å². The molecule has 1 fully saturated rings. The van der Waals surface area contributed by atoms with Gasteiger partial charge in [-0.05, 0) is 55.5 Å². The number of rotatable bonds is 6. The number of nitrogens with one attached hydrogen (secondary N) is 1. The van der Waals surface area contributed by atoms with E-state index in [1.807, 2.05) is 37.3 Å². The van der Waals surface area contributed by atoms with Gasteiger partial charge >= 0.3 is 0 Å². The Hall–Kier alpha value is -2.71. The van der Waals surface area contributed by atoms with Crippen LogP contribution in [0.3, 0.4) is 0 Å². The lowest BCUT2D eigenvalue weighted by Crippen LogP contribution is -2.43. The van der Waals surface area contributed by atoms with Gasteiger partial charge in [0.2, 0.25) is 21.8 Å². The smallest absolute Gasteiger partial charge is 0.243 e. The molecule has 170 valence electrons. The molecule has 0 spiro atoms. The Morgan fingerprint density at radius 2 is 1.88 bits per heavy atom. The maximum atomic E-state index is 13.2. The Morgan fingerprint density at radius 1 is 1.09 bits per heavy atom. The van der Waals surface area contributed by atoms with E-state index < -0.39 is 10.0 Å². The molecule has 2 aromatic carbocycles. The first-order valence-electron chi connectivity index (χ1n) is 11.1. The van der Waals surface area contributed by atoms with E-state index in [-0.39, 0.29) is 35.7 Å². The molecule has 8 heteroatoms. The Labute approximate surface area is 189 Å². The maximum Gasteiger partial charge on any atom is 0.243 e. The summed E-state index contributed by atoms with van der Waals surface area (Å²) in [7, 11) is -3.59. The Balaban J connectivity index is 1.50. The lowest BCUT2D eigenvalue weighted by Gasteiger charge is -2.33. The van der Waals surface area contributed by atoms with E-state index in [9.17, 15) is 18.0 Å². The molecule has 0 bridgehead atoms. The number of carbonyl (C=O) groups excluding carboxylic acids is 2. The Morgan fingerprint density at radius 3 is 2.62 bits per heavy atom. The second-order valence-corrected chi connectivity index (χ2v) is 10.4. The van der Waals surface area contributed by atoms with Crippen LogP contribution >= 0.6 is 0 Å². The third-order valence-corrected chi connectivity index (χ3v) is 8.24. The van der Waals surface area contributed by atoms with Crippen molar-refractivity contribution < 1.29 is 18.0 Å². The van der Waals surface area contributed by atoms with Crippen molar-refractivity contribution in [2.75, 3.05) is 18.0 Å². The molecule has 0 saturated carbocycles. The molecule has 2 aliphatic rings. The van der Waals surface area contributed by atoms with Gasteiger partial charge in [0.05, 0.1) is 4.90 Å². The van der Waals surface area contributed by atoms with Crippen LogP contribution in [0.5, 0.6) is 0 Å². The van der Waals surface area contributed by atoms with Crippen LogP contribution in [0, 0.1) is 0 Å². The highest BCUT2D eigenvalue weighted by molar-refractivity contribution is 7.89. The Kier molecular flexibility index (Phi) is 6.62. The zero-order valence-electron chi connectivity index (χ0n) is 18.3. The molecule has 2 heterocycles. The van der Waals surface area contributed by atoms with Crippen LogP contribution in [0.15, 0.2) is 53.4 Å². The van der Waals surface area contributed by atoms with Crippen LogP contribution in [0.4, 0.5) is 5.69 Å². The van der Waals surface area contributed by atoms with Gasteiger partial charge in [0.25, 0.3) is 0 Å². The first-order valence-corrected chi connectivity index (χ1v) is 12.6. The molecule has 4 rings (SSSR count). The normalized spacial score (nSPS) is 19.5. The third kappa shape index (κ3) is 4.71. The number of hydrogen-bond donors (Lipinski definition) is 1. The largest absolute Gasteiger partial charge is 0.350 e. The minimum atomic E-state index is -3.59. The predicted molar refractivity (Wildman–Crippen MR) is 123 cm³/mol. The summed E-state index contributed by atoms with van der Waals surface area (Å²) in [4.78, 5) is 26.8. The van der Waals surface area contributed by atoms with Crippen molar-refractivity contribution in [3.05, 3.63) is 59.7 Å². The highest BCUT2D eigenvalue weighted by Crippen LogP contribution is 2.32. The molecular formula is C24H29N3O4S. The van der Waals surface area contributed by atoms with Crippen LogP contribution < -0.4 is 10.2 Å². The summed E-state index contributed by atoms with van der Waals surface area (Å²) < 4.78 is 28.0. The van der Waals surface area contributed by atoms with E-state index in [0.717, 1.165) is 30.4 Å². The van der Waals surface area contributed by atoms with E-state index in [4.69, 9.17) is 0 Å². The van der Waals surface area contributed by atoms with Gasteiger partial charge in [-0.3, -0.25) is 9.59 Å². The molecule has 0 unspecified atom stereocenters. The number of sulfonamides is 1. The van der Waals surface area contributed by atoms with E-state index >= 15 is 0 Å². The fourth-order valence-corrected chi connectivity index (χ4v) is 6.18. The Bertz CT molecular complexity index is 1100. The molecule has 2 aliphatic heterocycles. The summed E-state index contributed by atoms with van der Waals surface area (Å²) in [5.74, 6) is -0.387.